The number of rotatable bonds is 2. The molecule has 2 saturated heterocycles. The summed E-state index contributed by atoms with van der Waals surface area (Å²) in [5.41, 5.74) is -0.620. The predicted octanol–water partition coefficient (Wildman–Crippen LogP) is 0.572. The number of aliphatic carboxylic acids is 1. The minimum absolute atomic E-state index is 0.581. The summed E-state index contributed by atoms with van der Waals surface area (Å²) in [6.07, 6.45) is 1.27. The van der Waals surface area contributed by atoms with Crippen molar-refractivity contribution in [1.82, 2.24) is 4.90 Å². The van der Waals surface area contributed by atoms with Crippen molar-refractivity contribution in [3.8, 4) is 0 Å². The highest BCUT2D eigenvalue weighted by Crippen LogP contribution is 2.34. The molecule has 4 heteroatoms. The molecule has 2 aliphatic heterocycles. The Kier molecular flexibility index (Phi) is 2.49. The van der Waals surface area contributed by atoms with Gasteiger partial charge in [-0.15, -0.1) is 0 Å². The summed E-state index contributed by atoms with van der Waals surface area (Å²) >= 11 is 0. The Morgan fingerprint density at radius 1 is 1.43 bits per heavy atom. The fourth-order valence-electron chi connectivity index (χ4n) is 2.42. The molecule has 0 spiro atoms. The van der Waals surface area contributed by atoms with Crippen molar-refractivity contribution in [2.45, 2.75) is 25.3 Å². The van der Waals surface area contributed by atoms with E-state index in [4.69, 9.17) is 4.74 Å². The molecule has 0 aliphatic carbocycles. The molecule has 0 aromatic carbocycles. The molecule has 2 rings (SSSR count). The van der Waals surface area contributed by atoms with Crippen molar-refractivity contribution in [3.63, 3.8) is 0 Å². The van der Waals surface area contributed by atoms with Gasteiger partial charge in [-0.05, 0) is 18.8 Å². The van der Waals surface area contributed by atoms with E-state index in [0.29, 0.717) is 32.0 Å². The Hall–Kier alpha value is -0.610. The summed E-state index contributed by atoms with van der Waals surface area (Å²) in [6.45, 7) is 5.17. The van der Waals surface area contributed by atoms with Crippen LogP contribution in [0.5, 0.6) is 0 Å². The van der Waals surface area contributed by atoms with Gasteiger partial charge in [0.25, 0.3) is 0 Å². The normalized spacial score (nSPS) is 28.4. The highest BCUT2D eigenvalue weighted by Gasteiger charge is 2.49. The Balaban J connectivity index is 2.09. The number of nitrogens with zero attached hydrogens (tertiary/aromatic N) is 1. The quantitative estimate of drug-likeness (QED) is 0.706. The lowest BCUT2D eigenvalue weighted by Crippen LogP contribution is -2.64. The molecule has 14 heavy (non-hydrogen) atoms. The lowest BCUT2D eigenvalue weighted by molar-refractivity contribution is -0.166. The third-order valence-electron chi connectivity index (χ3n) is 3.39. The molecular formula is C10H17NO3. The van der Waals surface area contributed by atoms with Crippen LogP contribution in [0.3, 0.4) is 0 Å². The minimum Gasteiger partial charge on any atom is -0.480 e. The molecular weight excluding hydrogens is 182 g/mol. The fraction of sp³-hybridized carbons (Fsp3) is 0.900. The molecule has 2 heterocycles. The number of ether oxygens (including phenoxy) is 1. The Morgan fingerprint density at radius 3 is 2.43 bits per heavy atom. The highest BCUT2D eigenvalue weighted by atomic mass is 16.5. The Morgan fingerprint density at radius 2 is 2.00 bits per heavy atom. The van der Waals surface area contributed by atoms with Gasteiger partial charge in [0.05, 0.1) is 0 Å². The van der Waals surface area contributed by atoms with Crippen molar-refractivity contribution in [1.29, 1.82) is 0 Å². The van der Waals surface area contributed by atoms with Gasteiger partial charge in [-0.2, -0.15) is 0 Å². The Bertz CT molecular complexity index is 230. The molecule has 0 saturated carbocycles. The lowest BCUT2D eigenvalue weighted by Gasteiger charge is -2.50. The van der Waals surface area contributed by atoms with E-state index in [0.717, 1.165) is 13.1 Å². The van der Waals surface area contributed by atoms with Gasteiger partial charge in [0.15, 0.2) is 0 Å². The van der Waals surface area contributed by atoms with E-state index in [9.17, 15) is 9.90 Å². The van der Waals surface area contributed by atoms with Gasteiger partial charge < -0.3 is 9.84 Å². The van der Waals surface area contributed by atoms with Crippen LogP contribution < -0.4 is 0 Å². The zero-order valence-corrected chi connectivity index (χ0v) is 8.53. The summed E-state index contributed by atoms with van der Waals surface area (Å²) in [7, 11) is 0. The average molecular weight is 199 g/mol. The zero-order valence-electron chi connectivity index (χ0n) is 8.53. The minimum atomic E-state index is -0.673. The third kappa shape index (κ3) is 1.42. The maximum atomic E-state index is 11.3. The van der Waals surface area contributed by atoms with Crippen molar-refractivity contribution in [2.75, 3.05) is 26.3 Å². The van der Waals surface area contributed by atoms with Crippen LogP contribution in [0.25, 0.3) is 0 Å². The van der Waals surface area contributed by atoms with E-state index in [2.05, 4.69) is 11.8 Å². The van der Waals surface area contributed by atoms with Gasteiger partial charge >= 0.3 is 5.97 Å². The zero-order chi connectivity index (χ0) is 10.2. The van der Waals surface area contributed by atoms with E-state index >= 15 is 0 Å². The first-order valence-electron chi connectivity index (χ1n) is 5.21. The molecule has 80 valence electrons. The molecule has 4 nitrogen and oxygen atoms in total. The van der Waals surface area contributed by atoms with Crippen molar-refractivity contribution >= 4 is 5.97 Å². The first-order chi connectivity index (χ1) is 6.65. The molecule has 0 aromatic heterocycles. The van der Waals surface area contributed by atoms with Crippen molar-refractivity contribution in [2.24, 2.45) is 5.92 Å². The number of carboxylic acid groups (broad SMARTS) is 1. The molecule has 0 amide bonds. The molecule has 0 atom stereocenters. The molecule has 2 aliphatic rings. The van der Waals surface area contributed by atoms with Crippen LogP contribution in [-0.4, -0.2) is 47.8 Å². The molecule has 0 unspecified atom stereocenters. The largest absolute Gasteiger partial charge is 0.480 e. The number of hydrogen-bond acceptors (Lipinski definition) is 3. The monoisotopic (exact) mass is 199 g/mol. The molecule has 2 fully saturated rings. The van der Waals surface area contributed by atoms with E-state index in [1.165, 1.54) is 0 Å². The maximum absolute atomic E-state index is 11.3. The molecule has 0 aromatic rings. The second-order valence-electron chi connectivity index (χ2n) is 4.46. The predicted molar refractivity (Wildman–Crippen MR) is 51.2 cm³/mol. The van der Waals surface area contributed by atoms with Crippen LogP contribution in [0, 0.1) is 5.92 Å². The lowest BCUT2D eigenvalue weighted by atomic mass is 9.83. The second-order valence-corrected chi connectivity index (χ2v) is 4.46. The number of carboxylic acids is 1. The van der Waals surface area contributed by atoms with Gasteiger partial charge in [0.1, 0.15) is 5.54 Å². The summed E-state index contributed by atoms with van der Waals surface area (Å²) in [5.74, 6) is -0.0261. The Labute approximate surface area is 83.8 Å². The topological polar surface area (TPSA) is 49.8 Å². The highest BCUT2D eigenvalue weighted by molar-refractivity contribution is 5.79. The van der Waals surface area contributed by atoms with Crippen molar-refractivity contribution < 1.29 is 14.6 Å². The smallest absolute Gasteiger partial charge is 0.324 e. The summed E-state index contributed by atoms with van der Waals surface area (Å²) in [4.78, 5) is 13.4. The molecule has 0 bridgehead atoms. The standard InChI is InChI=1S/C10H17NO3/c1-8-6-11(7-8)10(9(12)13)2-4-14-5-3-10/h8H,2-7H2,1H3,(H,12,13). The van der Waals surface area contributed by atoms with E-state index < -0.39 is 11.5 Å². The van der Waals surface area contributed by atoms with Gasteiger partial charge in [-0.3, -0.25) is 9.69 Å². The average Bonchev–Trinajstić information content (AvgIpc) is 2.14. The summed E-state index contributed by atoms with van der Waals surface area (Å²) in [5, 5.41) is 9.31. The van der Waals surface area contributed by atoms with E-state index in [1.807, 2.05) is 0 Å². The van der Waals surface area contributed by atoms with E-state index in [1.54, 1.807) is 0 Å². The van der Waals surface area contributed by atoms with Crippen LogP contribution in [0.1, 0.15) is 19.8 Å². The molecule has 1 N–H and O–H groups in total. The number of carbonyl (C=O) groups is 1. The molecule has 0 radical (unpaired) electrons. The van der Waals surface area contributed by atoms with Crippen molar-refractivity contribution in [3.05, 3.63) is 0 Å². The summed E-state index contributed by atoms with van der Waals surface area (Å²) < 4.78 is 5.23. The van der Waals surface area contributed by atoms with Crippen LogP contribution in [-0.2, 0) is 9.53 Å². The number of likely N-dealkylation sites (tertiary alicyclic amines) is 1. The third-order valence-corrected chi connectivity index (χ3v) is 3.39. The van der Waals surface area contributed by atoms with Gasteiger partial charge in [-0.25, -0.2) is 0 Å². The fourth-order valence-corrected chi connectivity index (χ4v) is 2.42. The van der Waals surface area contributed by atoms with E-state index in [-0.39, 0.29) is 0 Å². The van der Waals surface area contributed by atoms with Gasteiger partial charge in [0, 0.05) is 26.3 Å². The maximum Gasteiger partial charge on any atom is 0.324 e. The van der Waals surface area contributed by atoms with Crippen LogP contribution in [0.15, 0.2) is 0 Å². The summed E-state index contributed by atoms with van der Waals surface area (Å²) in [6, 6.07) is 0. The second kappa shape index (κ2) is 3.51. The first-order valence-corrected chi connectivity index (χ1v) is 5.21. The van der Waals surface area contributed by atoms with Crippen LogP contribution >= 0.6 is 0 Å². The van der Waals surface area contributed by atoms with Gasteiger partial charge in [-0.1, -0.05) is 6.92 Å². The number of hydrogen-bond donors (Lipinski definition) is 1. The van der Waals surface area contributed by atoms with Gasteiger partial charge in [0.2, 0.25) is 0 Å². The first kappa shape index (κ1) is 9.93. The van der Waals surface area contributed by atoms with Crippen LogP contribution in [0.4, 0.5) is 0 Å². The van der Waals surface area contributed by atoms with Crippen LogP contribution in [0.2, 0.25) is 0 Å². The SMILES string of the molecule is CC1CN(C2(C(=O)O)CCOCC2)C1.